The van der Waals surface area contributed by atoms with E-state index < -0.39 is 0 Å². The molecule has 0 bridgehead atoms. The summed E-state index contributed by atoms with van der Waals surface area (Å²) in [6.45, 7) is 7.25. The van der Waals surface area contributed by atoms with Gasteiger partial charge in [0.25, 0.3) is 5.69 Å². The Bertz CT molecular complexity index is 512. The number of benzene rings is 1. The van der Waals surface area contributed by atoms with Gasteiger partial charge in [-0.3, -0.25) is 10.1 Å². The average molecular weight is 290 g/mol. The first-order valence-electron chi connectivity index (χ1n) is 7.85. The number of nitrogens with zero attached hydrogens (tertiary/aromatic N) is 1. The van der Waals surface area contributed by atoms with Crippen LogP contribution in [-0.4, -0.2) is 11.0 Å². The third kappa shape index (κ3) is 4.27. The molecule has 21 heavy (non-hydrogen) atoms. The molecular formula is C17H26N2O2. The van der Waals surface area contributed by atoms with Gasteiger partial charge in [-0.25, -0.2) is 0 Å². The zero-order valence-corrected chi connectivity index (χ0v) is 13.3. The topological polar surface area (TPSA) is 55.2 Å². The zero-order valence-electron chi connectivity index (χ0n) is 13.3. The number of nitro benzene ring substituents is 1. The van der Waals surface area contributed by atoms with E-state index in [0.717, 1.165) is 17.7 Å². The smallest absolute Gasteiger partial charge is 0.272 e. The van der Waals surface area contributed by atoms with Crippen LogP contribution in [0.4, 0.5) is 5.69 Å². The standard InChI is InChI=1S/C17H26N2O2/c1-13-14(6-4-8-16(13)19(20)21)12-18-15-7-5-10-17(2,3)11-9-15/h4,6,8,15,18H,5,7,9-12H2,1-3H3. The molecule has 4 nitrogen and oxygen atoms in total. The molecule has 0 amide bonds. The van der Waals surface area contributed by atoms with E-state index >= 15 is 0 Å². The van der Waals surface area contributed by atoms with E-state index in [4.69, 9.17) is 0 Å². The lowest BCUT2D eigenvalue weighted by Gasteiger charge is -2.22. The normalized spacial score (nSPS) is 21.8. The van der Waals surface area contributed by atoms with Gasteiger partial charge in [-0.1, -0.05) is 32.4 Å². The lowest BCUT2D eigenvalue weighted by Crippen LogP contribution is -2.28. The molecule has 0 aromatic heterocycles. The highest BCUT2D eigenvalue weighted by atomic mass is 16.6. The van der Waals surface area contributed by atoms with Crippen LogP contribution < -0.4 is 5.32 Å². The Morgan fingerprint density at radius 1 is 1.33 bits per heavy atom. The molecule has 2 rings (SSSR count). The summed E-state index contributed by atoms with van der Waals surface area (Å²) in [4.78, 5) is 10.7. The number of nitro groups is 1. The molecule has 1 aliphatic carbocycles. The van der Waals surface area contributed by atoms with Crippen LogP contribution in [0.15, 0.2) is 18.2 Å². The first-order chi connectivity index (χ1) is 9.89. The second-order valence-electron chi connectivity index (χ2n) is 6.99. The molecule has 116 valence electrons. The van der Waals surface area contributed by atoms with Gasteiger partial charge >= 0.3 is 0 Å². The minimum absolute atomic E-state index is 0.219. The molecule has 1 aliphatic rings. The van der Waals surface area contributed by atoms with E-state index in [0.29, 0.717) is 11.5 Å². The molecule has 4 heteroatoms. The average Bonchev–Trinajstić information content (AvgIpc) is 2.58. The molecule has 0 aliphatic heterocycles. The van der Waals surface area contributed by atoms with Crippen LogP contribution in [0, 0.1) is 22.5 Å². The van der Waals surface area contributed by atoms with Gasteiger partial charge in [-0.05, 0) is 43.6 Å². The molecule has 1 unspecified atom stereocenters. The molecule has 1 aromatic carbocycles. The van der Waals surface area contributed by atoms with Gasteiger partial charge in [0.2, 0.25) is 0 Å². The number of rotatable bonds is 4. The predicted octanol–water partition coefficient (Wildman–Crippen LogP) is 4.35. The second-order valence-corrected chi connectivity index (χ2v) is 6.99. The highest BCUT2D eigenvalue weighted by molar-refractivity contribution is 5.44. The summed E-state index contributed by atoms with van der Waals surface area (Å²) < 4.78 is 0. The van der Waals surface area contributed by atoms with Crippen molar-refractivity contribution in [1.82, 2.24) is 5.32 Å². The van der Waals surface area contributed by atoms with Gasteiger partial charge in [0.1, 0.15) is 0 Å². The fraction of sp³-hybridized carbons (Fsp3) is 0.647. The van der Waals surface area contributed by atoms with E-state index in [2.05, 4.69) is 19.2 Å². The Morgan fingerprint density at radius 3 is 2.81 bits per heavy atom. The van der Waals surface area contributed by atoms with E-state index in [1.807, 2.05) is 13.0 Å². The summed E-state index contributed by atoms with van der Waals surface area (Å²) in [6.07, 6.45) is 6.20. The van der Waals surface area contributed by atoms with Crippen molar-refractivity contribution in [1.29, 1.82) is 0 Å². The van der Waals surface area contributed by atoms with Crippen molar-refractivity contribution >= 4 is 5.69 Å². The summed E-state index contributed by atoms with van der Waals surface area (Å²) in [7, 11) is 0. The summed E-state index contributed by atoms with van der Waals surface area (Å²) in [5, 5.41) is 14.6. The summed E-state index contributed by atoms with van der Waals surface area (Å²) in [6, 6.07) is 5.87. The minimum atomic E-state index is -0.299. The van der Waals surface area contributed by atoms with Crippen molar-refractivity contribution in [2.75, 3.05) is 0 Å². The van der Waals surface area contributed by atoms with Crippen molar-refractivity contribution in [2.24, 2.45) is 5.41 Å². The van der Waals surface area contributed by atoms with Crippen LogP contribution in [0.1, 0.15) is 57.1 Å². The maximum absolute atomic E-state index is 11.0. The summed E-state index contributed by atoms with van der Waals surface area (Å²) >= 11 is 0. The molecular weight excluding hydrogens is 264 g/mol. The molecule has 1 N–H and O–H groups in total. The Labute approximate surface area is 127 Å². The van der Waals surface area contributed by atoms with Crippen molar-refractivity contribution in [3.05, 3.63) is 39.4 Å². The van der Waals surface area contributed by atoms with Crippen LogP contribution >= 0.6 is 0 Å². The van der Waals surface area contributed by atoms with E-state index in [1.54, 1.807) is 12.1 Å². The van der Waals surface area contributed by atoms with Gasteiger partial charge in [-0.2, -0.15) is 0 Å². The van der Waals surface area contributed by atoms with Gasteiger partial charge < -0.3 is 5.32 Å². The molecule has 0 radical (unpaired) electrons. The molecule has 0 spiro atoms. The Hall–Kier alpha value is -1.42. The second kappa shape index (κ2) is 6.56. The summed E-state index contributed by atoms with van der Waals surface area (Å²) in [5.74, 6) is 0. The van der Waals surface area contributed by atoms with Crippen molar-refractivity contribution in [3.8, 4) is 0 Å². The van der Waals surface area contributed by atoms with Gasteiger partial charge in [0.15, 0.2) is 0 Å². The molecule has 1 saturated carbocycles. The number of nitrogens with one attached hydrogen (secondary N) is 1. The molecule has 1 atom stereocenters. The predicted molar refractivity (Wildman–Crippen MR) is 85.3 cm³/mol. The SMILES string of the molecule is Cc1c(CNC2CCCC(C)(C)CC2)cccc1[N+](=O)[O-]. The first-order valence-corrected chi connectivity index (χ1v) is 7.85. The van der Waals surface area contributed by atoms with E-state index in [9.17, 15) is 10.1 Å². The fourth-order valence-corrected chi connectivity index (χ4v) is 3.18. The highest BCUT2D eigenvalue weighted by Crippen LogP contribution is 2.33. The monoisotopic (exact) mass is 290 g/mol. The van der Waals surface area contributed by atoms with E-state index in [-0.39, 0.29) is 10.6 Å². The minimum Gasteiger partial charge on any atom is -0.310 e. The molecule has 1 fully saturated rings. The Morgan fingerprint density at radius 2 is 2.10 bits per heavy atom. The number of hydrogen-bond donors (Lipinski definition) is 1. The fourth-order valence-electron chi connectivity index (χ4n) is 3.18. The summed E-state index contributed by atoms with van der Waals surface area (Å²) in [5.41, 5.74) is 2.49. The van der Waals surface area contributed by atoms with Gasteiger partial charge in [-0.15, -0.1) is 0 Å². The molecule has 0 heterocycles. The van der Waals surface area contributed by atoms with Crippen molar-refractivity contribution < 1.29 is 4.92 Å². The van der Waals surface area contributed by atoms with Crippen LogP contribution in [0.3, 0.4) is 0 Å². The lowest BCUT2D eigenvalue weighted by molar-refractivity contribution is -0.385. The maximum atomic E-state index is 11.0. The van der Waals surface area contributed by atoms with Crippen molar-refractivity contribution in [2.45, 2.75) is 65.5 Å². The van der Waals surface area contributed by atoms with Crippen LogP contribution in [0.5, 0.6) is 0 Å². The largest absolute Gasteiger partial charge is 0.310 e. The Kier molecular flexibility index (Phi) is 4.99. The first kappa shape index (κ1) is 16.0. The highest BCUT2D eigenvalue weighted by Gasteiger charge is 2.24. The third-order valence-corrected chi connectivity index (χ3v) is 4.77. The van der Waals surface area contributed by atoms with Crippen molar-refractivity contribution in [3.63, 3.8) is 0 Å². The molecule has 0 saturated heterocycles. The third-order valence-electron chi connectivity index (χ3n) is 4.77. The van der Waals surface area contributed by atoms with Crippen LogP contribution in [0.2, 0.25) is 0 Å². The van der Waals surface area contributed by atoms with Crippen LogP contribution in [0.25, 0.3) is 0 Å². The van der Waals surface area contributed by atoms with E-state index in [1.165, 1.54) is 32.1 Å². The lowest BCUT2D eigenvalue weighted by atomic mass is 9.85. The number of hydrogen-bond acceptors (Lipinski definition) is 3. The van der Waals surface area contributed by atoms with Gasteiger partial charge in [0, 0.05) is 24.2 Å². The zero-order chi connectivity index (χ0) is 15.5. The van der Waals surface area contributed by atoms with Gasteiger partial charge in [0.05, 0.1) is 4.92 Å². The Balaban J connectivity index is 1.97. The van der Waals surface area contributed by atoms with Crippen LogP contribution in [-0.2, 0) is 6.54 Å². The maximum Gasteiger partial charge on any atom is 0.272 e. The quantitative estimate of drug-likeness (QED) is 0.509. The molecule has 1 aromatic rings.